The lowest BCUT2D eigenvalue weighted by Crippen LogP contribution is -2.34. The fraction of sp³-hybridized carbons (Fsp3) is 0.333. The maximum absolute atomic E-state index is 11.9. The van der Waals surface area contributed by atoms with Crippen LogP contribution in [0.2, 0.25) is 0 Å². The van der Waals surface area contributed by atoms with E-state index in [1.54, 1.807) is 26.8 Å². The lowest BCUT2D eigenvalue weighted by atomic mass is 10.1. The van der Waals surface area contributed by atoms with Crippen molar-refractivity contribution in [1.29, 1.82) is 0 Å². The Hall–Kier alpha value is -2.56. The van der Waals surface area contributed by atoms with Crippen LogP contribution < -0.4 is 5.32 Å². The van der Waals surface area contributed by atoms with Gasteiger partial charge in [0.15, 0.2) is 0 Å². The van der Waals surface area contributed by atoms with Gasteiger partial charge in [0.25, 0.3) is 0 Å². The number of hydrogen-bond donors (Lipinski definition) is 2. The highest BCUT2D eigenvalue weighted by molar-refractivity contribution is 5.88. The van der Waals surface area contributed by atoms with E-state index in [1.165, 1.54) is 0 Å². The first-order chi connectivity index (χ1) is 10.7. The Bertz CT molecular complexity index is 718. The molecule has 23 heavy (non-hydrogen) atoms. The molecular formula is C18H21NO4. The number of fused-ring (bicyclic) bond motifs is 1. The standard InChI is InChI=1S/C18H21NO4/c1-18(2,3)23-16(20)11-15(17(21)22)19-14-9-8-12-6-4-5-7-13(12)10-14/h4-10,15,19H,11H2,1-3H3,(H,21,22)/t15-/m1/s1. The fourth-order valence-electron chi connectivity index (χ4n) is 2.23. The Balaban J connectivity index is 2.11. The normalized spacial score (nSPS) is 12.7. The van der Waals surface area contributed by atoms with Crippen LogP contribution in [0, 0.1) is 0 Å². The van der Waals surface area contributed by atoms with Crippen LogP contribution in [0.1, 0.15) is 27.2 Å². The van der Waals surface area contributed by atoms with Crippen molar-refractivity contribution in [2.45, 2.75) is 38.8 Å². The SMILES string of the molecule is CC(C)(C)OC(=O)C[C@@H](Nc1ccc2ccccc2c1)C(=O)O. The first kappa shape index (κ1) is 16.8. The van der Waals surface area contributed by atoms with Crippen LogP contribution in [0.5, 0.6) is 0 Å². The summed E-state index contributed by atoms with van der Waals surface area (Å²) >= 11 is 0. The lowest BCUT2D eigenvalue weighted by molar-refractivity contribution is -0.157. The number of ether oxygens (including phenoxy) is 1. The average Bonchev–Trinajstić information content (AvgIpc) is 2.44. The van der Waals surface area contributed by atoms with Crippen LogP contribution in [-0.2, 0) is 14.3 Å². The minimum atomic E-state index is -1.09. The Morgan fingerprint density at radius 1 is 1.13 bits per heavy atom. The monoisotopic (exact) mass is 315 g/mol. The van der Waals surface area contributed by atoms with Crippen molar-refractivity contribution in [1.82, 2.24) is 0 Å². The van der Waals surface area contributed by atoms with E-state index in [0.717, 1.165) is 10.8 Å². The molecule has 0 saturated heterocycles. The molecule has 0 radical (unpaired) electrons. The Kier molecular flexibility index (Phi) is 4.89. The fourth-order valence-corrected chi connectivity index (χ4v) is 2.23. The van der Waals surface area contributed by atoms with Gasteiger partial charge < -0.3 is 15.2 Å². The molecule has 0 unspecified atom stereocenters. The minimum absolute atomic E-state index is 0.237. The summed E-state index contributed by atoms with van der Waals surface area (Å²) in [5, 5.41) is 14.3. The predicted molar refractivity (Wildman–Crippen MR) is 89.5 cm³/mol. The van der Waals surface area contributed by atoms with Crippen molar-refractivity contribution in [3.63, 3.8) is 0 Å². The molecule has 0 bridgehead atoms. The summed E-state index contributed by atoms with van der Waals surface area (Å²) in [7, 11) is 0. The van der Waals surface area contributed by atoms with Crippen LogP contribution in [0.15, 0.2) is 42.5 Å². The van der Waals surface area contributed by atoms with Gasteiger partial charge in [0, 0.05) is 5.69 Å². The van der Waals surface area contributed by atoms with Gasteiger partial charge in [0.1, 0.15) is 11.6 Å². The number of aliphatic carboxylic acids is 1. The second-order valence-electron chi connectivity index (χ2n) is 6.39. The molecule has 0 saturated carbocycles. The highest BCUT2D eigenvalue weighted by Crippen LogP contribution is 2.20. The second-order valence-corrected chi connectivity index (χ2v) is 6.39. The largest absolute Gasteiger partial charge is 0.480 e. The molecule has 1 atom stereocenters. The molecule has 2 rings (SSSR count). The number of carboxylic acids is 1. The number of nitrogens with one attached hydrogen (secondary N) is 1. The summed E-state index contributed by atoms with van der Waals surface area (Å²) in [6, 6.07) is 12.3. The number of rotatable bonds is 5. The Morgan fingerprint density at radius 2 is 1.78 bits per heavy atom. The molecule has 2 aromatic carbocycles. The molecule has 0 aliphatic carbocycles. The topological polar surface area (TPSA) is 75.6 Å². The van der Waals surface area contributed by atoms with Gasteiger partial charge in [0.05, 0.1) is 6.42 Å². The van der Waals surface area contributed by atoms with Crippen molar-refractivity contribution < 1.29 is 19.4 Å². The third kappa shape index (κ3) is 4.98. The average molecular weight is 315 g/mol. The van der Waals surface area contributed by atoms with Crippen LogP contribution in [0.3, 0.4) is 0 Å². The van der Waals surface area contributed by atoms with Crippen molar-refractivity contribution in [2.24, 2.45) is 0 Å². The third-order valence-electron chi connectivity index (χ3n) is 3.18. The van der Waals surface area contributed by atoms with Crippen LogP contribution in [-0.4, -0.2) is 28.7 Å². The first-order valence-corrected chi connectivity index (χ1v) is 7.44. The summed E-state index contributed by atoms with van der Waals surface area (Å²) in [5.74, 6) is -1.64. The smallest absolute Gasteiger partial charge is 0.326 e. The molecule has 0 amide bonds. The minimum Gasteiger partial charge on any atom is -0.480 e. The van der Waals surface area contributed by atoms with Gasteiger partial charge in [-0.25, -0.2) is 4.79 Å². The Labute approximate surface area is 135 Å². The Morgan fingerprint density at radius 3 is 2.39 bits per heavy atom. The van der Waals surface area contributed by atoms with Gasteiger partial charge in [-0.3, -0.25) is 4.79 Å². The van der Waals surface area contributed by atoms with E-state index in [0.29, 0.717) is 5.69 Å². The van der Waals surface area contributed by atoms with Crippen molar-refractivity contribution in [3.8, 4) is 0 Å². The second kappa shape index (κ2) is 6.69. The van der Waals surface area contributed by atoms with E-state index in [1.807, 2.05) is 36.4 Å². The zero-order valence-electron chi connectivity index (χ0n) is 13.5. The summed E-state index contributed by atoms with van der Waals surface area (Å²) in [6.07, 6.45) is -0.237. The molecule has 0 aliphatic rings. The third-order valence-corrected chi connectivity index (χ3v) is 3.18. The summed E-state index contributed by atoms with van der Waals surface area (Å²) in [5.41, 5.74) is 0.0166. The molecule has 0 fully saturated rings. The van der Waals surface area contributed by atoms with Gasteiger partial charge in [-0.05, 0) is 43.7 Å². The van der Waals surface area contributed by atoms with Gasteiger partial charge in [-0.15, -0.1) is 0 Å². The summed E-state index contributed by atoms with van der Waals surface area (Å²) in [6.45, 7) is 5.24. The number of carboxylic acid groups (broad SMARTS) is 1. The molecule has 2 aromatic rings. The van der Waals surface area contributed by atoms with E-state index in [9.17, 15) is 14.7 Å². The maximum atomic E-state index is 11.9. The number of esters is 1. The van der Waals surface area contributed by atoms with Crippen LogP contribution in [0.4, 0.5) is 5.69 Å². The molecule has 0 aromatic heterocycles. The highest BCUT2D eigenvalue weighted by atomic mass is 16.6. The van der Waals surface area contributed by atoms with Gasteiger partial charge in [-0.2, -0.15) is 0 Å². The molecule has 122 valence electrons. The molecule has 0 aliphatic heterocycles. The van der Waals surface area contributed by atoms with E-state index in [-0.39, 0.29) is 6.42 Å². The predicted octanol–water partition coefficient (Wildman–Crippen LogP) is 3.44. The van der Waals surface area contributed by atoms with Gasteiger partial charge in [-0.1, -0.05) is 30.3 Å². The van der Waals surface area contributed by atoms with E-state index >= 15 is 0 Å². The number of carbonyl (C=O) groups is 2. The van der Waals surface area contributed by atoms with E-state index in [2.05, 4.69) is 5.32 Å². The summed E-state index contributed by atoms with van der Waals surface area (Å²) in [4.78, 5) is 23.2. The molecule has 5 nitrogen and oxygen atoms in total. The molecule has 0 spiro atoms. The zero-order chi connectivity index (χ0) is 17.0. The zero-order valence-corrected chi connectivity index (χ0v) is 13.5. The lowest BCUT2D eigenvalue weighted by Gasteiger charge is -2.21. The quantitative estimate of drug-likeness (QED) is 0.827. The van der Waals surface area contributed by atoms with Gasteiger partial charge >= 0.3 is 11.9 Å². The van der Waals surface area contributed by atoms with Crippen molar-refractivity contribution >= 4 is 28.4 Å². The molecule has 0 heterocycles. The van der Waals surface area contributed by atoms with Crippen molar-refractivity contribution in [2.75, 3.05) is 5.32 Å². The number of carbonyl (C=O) groups excluding carboxylic acids is 1. The van der Waals surface area contributed by atoms with Crippen LogP contribution >= 0.6 is 0 Å². The number of anilines is 1. The first-order valence-electron chi connectivity index (χ1n) is 7.44. The van der Waals surface area contributed by atoms with Gasteiger partial charge in [0.2, 0.25) is 0 Å². The molecule has 2 N–H and O–H groups in total. The van der Waals surface area contributed by atoms with E-state index < -0.39 is 23.6 Å². The number of benzene rings is 2. The van der Waals surface area contributed by atoms with Crippen molar-refractivity contribution in [3.05, 3.63) is 42.5 Å². The molecular weight excluding hydrogens is 294 g/mol. The van der Waals surface area contributed by atoms with E-state index in [4.69, 9.17) is 4.74 Å². The molecule has 5 heteroatoms. The number of hydrogen-bond acceptors (Lipinski definition) is 4. The highest BCUT2D eigenvalue weighted by Gasteiger charge is 2.25. The maximum Gasteiger partial charge on any atom is 0.326 e. The van der Waals surface area contributed by atoms with Crippen LogP contribution in [0.25, 0.3) is 10.8 Å². The summed E-state index contributed by atoms with van der Waals surface area (Å²) < 4.78 is 5.18.